The summed E-state index contributed by atoms with van der Waals surface area (Å²) in [4.78, 5) is 23.6. The second-order valence-electron chi connectivity index (χ2n) is 8.28. The van der Waals surface area contributed by atoms with Gasteiger partial charge in [0.05, 0.1) is 0 Å². The van der Waals surface area contributed by atoms with Gasteiger partial charge in [0.25, 0.3) is 0 Å². The number of thioether (sulfide) groups is 1. The Morgan fingerprint density at radius 3 is 2.54 bits per heavy atom. The first-order valence-corrected chi connectivity index (χ1v) is 10.2. The standard InChI is InChI=1S/C21H27NO3S/c1-20(2)16-8-9-21(20,3)18(23)15(16)10-13-4-6-14(7-5-13)11-26-12-17(22)19(24)25/h4-7,10,16-17H,8-9,11-12,22H2,1-3H3,(H,24,25)/t16?,17-,21?/m0/s1. The molecule has 0 heterocycles. The quantitative estimate of drug-likeness (QED) is 0.743. The van der Waals surface area contributed by atoms with E-state index in [2.05, 4.69) is 26.8 Å². The minimum absolute atomic E-state index is 0.0371. The normalized spacial score (nSPS) is 29.3. The topological polar surface area (TPSA) is 80.4 Å². The number of Topliss-reactive ketones (excluding diaryl/α,β-unsaturated/α-hetero) is 1. The molecule has 2 unspecified atom stereocenters. The van der Waals surface area contributed by atoms with Crippen molar-refractivity contribution in [2.75, 3.05) is 5.75 Å². The van der Waals surface area contributed by atoms with Crippen LogP contribution >= 0.6 is 11.8 Å². The maximum absolute atomic E-state index is 12.9. The zero-order chi connectivity index (χ0) is 19.1. The molecule has 0 radical (unpaired) electrons. The van der Waals surface area contributed by atoms with E-state index in [0.29, 0.717) is 17.5 Å². The maximum Gasteiger partial charge on any atom is 0.321 e. The van der Waals surface area contributed by atoms with Crippen LogP contribution in [0, 0.1) is 16.7 Å². The Hall–Kier alpha value is -1.59. The van der Waals surface area contributed by atoms with E-state index in [0.717, 1.165) is 35.3 Å². The van der Waals surface area contributed by atoms with Crippen molar-refractivity contribution in [1.82, 2.24) is 0 Å². The summed E-state index contributed by atoms with van der Waals surface area (Å²) in [5.74, 6) is 0.829. The Bertz CT molecular complexity index is 753. The number of fused-ring (bicyclic) bond motifs is 2. The monoisotopic (exact) mass is 373 g/mol. The summed E-state index contributed by atoms with van der Waals surface area (Å²) in [6.45, 7) is 6.58. The Balaban J connectivity index is 1.68. The number of hydrogen-bond acceptors (Lipinski definition) is 4. The number of rotatable bonds is 6. The van der Waals surface area contributed by atoms with Gasteiger partial charge in [0.2, 0.25) is 0 Å². The summed E-state index contributed by atoms with van der Waals surface area (Å²) in [6.07, 6.45) is 4.16. The van der Waals surface area contributed by atoms with Crippen molar-refractivity contribution in [3.63, 3.8) is 0 Å². The van der Waals surface area contributed by atoms with E-state index >= 15 is 0 Å². The molecule has 2 fully saturated rings. The first-order valence-electron chi connectivity index (χ1n) is 9.08. The average molecular weight is 374 g/mol. The molecule has 1 aromatic carbocycles. The van der Waals surface area contributed by atoms with E-state index in [1.807, 2.05) is 24.3 Å². The minimum atomic E-state index is -0.966. The molecular formula is C21H27NO3S. The van der Waals surface area contributed by atoms with Gasteiger partial charge in [-0.15, -0.1) is 0 Å². The van der Waals surface area contributed by atoms with E-state index in [1.54, 1.807) is 0 Å². The van der Waals surface area contributed by atoms with Crippen LogP contribution in [0.4, 0.5) is 0 Å². The largest absolute Gasteiger partial charge is 0.480 e. The zero-order valence-corrected chi connectivity index (χ0v) is 16.4. The number of benzene rings is 1. The van der Waals surface area contributed by atoms with Crippen LogP contribution in [0.2, 0.25) is 0 Å². The minimum Gasteiger partial charge on any atom is -0.480 e. The molecular weight excluding hydrogens is 346 g/mol. The van der Waals surface area contributed by atoms with Gasteiger partial charge in [0.15, 0.2) is 5.78 Å². The fourth-order valence-corrected chi connectivity index (χ4v) is 5.30. The van der Waals surface area contributed by atoms with Crippen LogP contribution in [0.15, 0.2) is 29.8 Å². The van der Waals surface area contributed by atoms with Crippen molar-refractivity contribution >= 4 is 29.6 Å². The molecule has 2 bridgehead atoms. The molecule has 0 spiro atoms. The lowest BCUT2D eigenvalue weighted by atomic mass is 9.70. The predicted octanol–water partition coefficient (Wildman–Crippen LogP) is 3.74. The lowest BCUT2D eigenvalue weighted by Gasteiger charge is -2.31. The summed E-state index contributed by atoms with van der Waals surface area (Å²) in [6, 6.07) is 7.33. The SMILES string of the molecule is CC12CCC(C(=Cc3ccc(CSC[C@H](N)C(=O)O)cc3)C1=O)C2(C)C. The van der Waals surface area contributed by atoms with E-state index in [9.17, 15) is 9.59 Å². The molecule has 4 nitrogen and oxygen atoms in total. The molecule has 2 saturated carbocycles. The maximum atomic E-state index is 12.9. The molecule has 3 rings (SSSR count). The third-order valence-electron chi connectivity index (χ3n) is 6.55. The number of carboxylic acid groups (broad SMARTS) is 1. The molecule has 0 saturated heterocycles. The third kappa shape index (κ3) is 3.12. The highest BCUT2D eigenvalue weighted by atomic mass is 32.2. The molecule has 2 aliphatic carbocycles. The molecule has 0 aliphatic heterocycles. The fourth-order valence-electron chi connectivity index (χ4n) is 4.36. The predicted molar refractivity (Wildman–Crippen MR) is 106 cm³/mol. The van der Waals surface area contributed by atoms with Gasteiger partial charge in [-0.3, -0.25) is 9.59 Å². The van der Waals surface area contributed by atoms with Crippen molar-refractivity contribution < 1.29 is 14.7 Å². The molecule has 26 heavy (non-hydrogen) atoms. The number of carbonyl (C=O) groups excluding carboxylic acids is 1. The Morgan fingerprint density at radius 1 is 1.35 bits per heavy atom. The Morgan fingerprint density at radius 2 is 2.00 bits per heavy atom. The van der Waals surface area contributed by atoms with Crippen LogP contribution in [0.3, 0.4) is 0 Å². The number of hydrogen-bond donors (Lipinski definition) is 2. The number of aliphatic carboxylic acids is 1. The van der Waals surface area contributed by atoms with Crippen molar-refractivity contribution in [1.29, 1.82) is 0 Å². The van der Waals surface area contributed by atoms with Crippen LogP contribution in [0.1, 0.15) is 44.7 Å². The first-order chi connectivity index (χ1) is 12.2. The van der Waals surface area contributed by atoms with Crippen LogP contribution < -0.4 is 5.73 Å². The molecule has 0 amide bonds. The summed E-state index contributed by atoms with van der Waals surface area (Å²) >= 11 is 1.52. The lowest BCUT2D eigenvalue weighted by Crippen LogP contribution is -2.32. The van der Waals surface area contributed by atoms with E-state index < -0.39 is 12.0 Å². The highest BCUT2D eigenvalue weighted by Crippen LogP contribution is 2.65. The molecule has 3 N–H and O–H groups in total. The van der Waals surface area contributed by atoms with Gasteiger partial charge in [0, 0.05) is 16.9 Å². The third-order valence-corrected chi connectivity index (χ3v) is 7.68. The van der Waals surface area contributed by atoms with Crippen molar-refractivity contribution in [3.05, 3.63) is 41.0 Å². The first kappa shape index (κ1) is 19.2. The van der Waals surface area contributed by atoms with E-state index in [4.69, 9.17) is 10.8 Å². The van der Waals surface area contributed by atoms with Crippen molar-refractivity contribution in [3.8, 4) is 0 Å². The molecule has 3 atom stereocenters. The average Bonchev–Trinajstić information content (AvgIpc) is 2.90. The van der Waals surface area contributed by atoms with E-state index in [1.165, 1.54) is 11.8 Å². The van der Waals surface area contributed by atoms with Gasteiger partial charge in [-0.1, -0.05) is 45.0 Å². The van der Waals surface area contributed by atoms with Crippen LogP contribution in [0.25, 0.3) is 6.08 Å². The van der Waals surface area contributed by atoms with Gasteiger partial charge in [-0.2, -0.15) is 11.8 Å². The van der Waals surface area contributed by atoms with Crippen molar-refractivity contribution in [2.24, 2.45) is 22.5 Å². The molecule has 1 aromatic rings. The zero-order valence-electron chi connectivity index (χ0n) is 15.6. The highest BCUT2D eigenvalue weighted by molar-refractivity contribution is 7.98. The summed E-state index contributed by atoms with van der Waals surface area (Å²) in [7, 11) is 0. The van der Waals surface area contributed by atoms with Gasteiger partial charge in [-0.25, -0.2) is 0 Å². The number of ketones is 1. The Kier molecular flexibility index (Phi) is 5.06. The van der Waals surface area contributed by atoms with Crippen molar-refractivity contribution in [2.45, 2.75) is 45.4 Å². The molecule has 2 aliphatic rings. The van der Waals surface area contributed by atoms with Gasteiger partial charge in [0.1, 0.15) is 6.04 Å². The number of allylic oxidation sites excluding steroid dienone is 1. The summed E-state index contributed by atoms with van der Waals surface area (Å²) in [5, 5.41) is 8.80. The number of nitrogens with two attached hydrogens (primary N) is 1. The van der Waals surface area contributed by atoms with Crippen LogP contribution in [0.5, 0.6) is 0 Å². The molecule has 0 aromatic heterocycles. The highest BCUT2D eigenvalue weighted by Gasteiger charge is 2.63. The summed E-state index contributed by atoms with van der Waals surface area (Å²) in [5.41, 5.74) is 8.49. The van der Waals surface area contributed by atoms with Gasteiger partial charge < -0.3 is 10.8 Å². The lowest BCUT2D eigenvalue weighted by molar-refractivity contribution is -0.137. The molecule has 5 heteroatoms. The van der Waals surface area contributed by atoms with Gasteiger partial charge >= 0.3 is 5.97 Å². The van der Waals surface area contributed by atoms with E-state index in [-0.39, 0.29) is 10.8 Å². The fraction of sp³-hybridized carbons (Fsp3) is 0.524. The summed E-state index contributed by atoms with van der Waals surface area (Å²) < 4.78 is 0. The second-order valence-corrected chi connectivity index (χ2v) is 9.31. The number of carboxylic acids is 1. The number of carbonyl (C=O) groups is 2. The molecule has 140 valence electrons. The second kappa shape index (κ2) is 6.86. The van der Waals surface area contributed by atoms with Crippen LogP contribution in [-0.4, -0.2) is 28.7 Å². The Labute approximate surface area is 159 Å². The smallest absolute Gasteiger partial charge is 0.321 e. The van der Waals surface area contributed by atoms with Crippen LogP contribution in [-0.2, 0) is 15.3 Å². The van der Waals surface area contributed by atoms with Gasteiger partial charge in [-0.05, 0) is 47.0 Å².